The van der Waals surface area contributed by atoms with Crippen LogP contribution in [0.4, 0.5) is 0 Å². The molecule has 2 N–H and O–H groups in total. The Balaban J connectivity index is 2.30. The minimum Gasteiger partial charge on any atom is -0.396 e. The van der Waals surface area contributed by atoms with E-state index in [1.54, 1.807) is 4.90 Å². The second-order valence-corrected chi connectivity index (χ2v) is 5.23. The highest BCUT2D eigenvalue weighted by Gasteiger charge is 2.30. The van der Waals surface area contributed by atoms with Gasteiger partial charge < -0.3 is 15.3 Å². The fraction of sp³-hybridized carbons (Fsp3) is 0.923. The summed E-state index contributed by atoms with van der Waals surface area (Å²) in [4.78, 5) is 13.3. The summed E-state index contributed by atoms with van der Waals surface area (Å²) in [5.41, 5.74) is 0.0172. The van der Waals surface area contributed by atoms with E-state index in [1.807, 2.05) is 14.0 Å². The zero-order valence-electron chi connectivity index (χ0n) is 11.2. The van der Waals surface area contributed by atoms with Gasteiger partial charge in [0.1, 0.15) is 0 Å². The molecule has 0 heterocycles. The van der Waals surface area contributed by atoms with Gasteiger partial charge >= 0.3 is 0 Å². The molecule has 1 rings (SSSR count). The number of rotatable bonds is 6. The average molecular weight is 242 g/mol. The van der Waals surface area contributed by atoms with Crippen molar-refractivity contribution < 1.29 is 9.90 Å². The molecule has 0 spiro atoms. The molecule has 0 unspecified atom stereocenters. The summed E-state index contributed by atoms with van der Waals surface area (Å²) < 4.78 is 0. The fourth-order valence-electron chi connectivity index (χ4n) is 2.44. The van der Waals surface area contributed by atoms with Gasteiger partial charge in [-0.1, -0.05) is 19.3 Å². The third-order valence-electron chi connectivity index (χ3n) is 3.93. The van der Waals surface area contributed by atoms with Gasteiger partial charge in [-0.15, -0.1) is 0 Å². The number of aliphatic hydroxyl groups is 1. The molecule has 1 aliphatic carbocycles. The third kappa shape index (κ3) is 4.28. The predicted molar refractivity (Wildman–Crippen MR) is 68.8 cm³/mol. The first-order valence-corrected chi connectivity index (χ1v) is 6.69. The van der Waals surface area contributed by atoms with E-state index in [0.29, 0.717) is 6.54 Å². The lowest BCUT2D eigenvalue weighted by atomic mass is 9.74. The zero-order valence-corrected chi connectivity index (χ0v) is 11.2. The first kappa shape index (κ1) is 14.5. The molecule has 0 aromatic carbocycles. The Morgan fingerprint density at radius 3 is 2.53 bits per heavy atom. The van der Waals surface area contributed by atoms with Crippen molar-refractivity contribution in [3.63, 3.8) is 0 Å². The van der Waals surface area contributed by atoms with Crippen molar-refractivity contribution in [1.29, 1.82) is 0 Å². The van der Waals surface area contributed by atoms with Crippen molar-refractivity contribution in [3.8, 4) is 0 Å². The Hall–Kier alpha value is -0.610. The van der Waals surface area contributed by atoms with E-state index in [4.69, 9.17) is 0 Å². The van der Waals surface area contributed by atoms with Crippen LogP contribution in [0.3, 0.4) is 0 Å². The van der Waals surface area contributed by atoms with Crippen LogP contribution in [0.25, 0.3) is 0 Å². The molecule has 0 aromatic rings. The quantitative estimate of drug-likeness (QED) is 0.730. The van der Waals surface area contributed by atoms with Crippen LogP contribution in [0.1, 0.15) is 39.0 Å². The lowest BCUT2D eigenvalue weighted by Crippen LogP contribution is -2.43. The highest BCUT2D eigenvalue weighted by Crippen LogP contribution is 2.35. The average Bonchev–Trinajstić information content (AvgIpc) is 2.38. The SMILES string of the molecule is CCN(C)C(=O)CNCC1(CO)CCCCC1. The van der Waals surface area contributed by atoms with Crippen LogP contribution >= 0.6 is 0 Å². The fourth-order valence-corrected chi connectivity index (χ4v) is 2.44. The van der Waals surface area contributed by atoms with E-state index in [1.165, 1.54) is 19.3 Å². The topological polar surface area (TPSA) is 52.6 Å². The van der Waals surface area contributed by atoms with Crippen molar-refractivity contribution in [1.82, 2.24) is 10.2 Å². The summed E-state index contributed by atoms with van der Waals surface area (Å²) in [5.74, 6) is 0.122. The third-order valence-corrected chi connectivity index (χ3v) is 3.93. The minimum absolute atomic E-state index is 0.0172. The second-order valence-electron chi connectivity index (χ2n) is 5.23. The maximum absolute atomic E-state index is 11.6. The van der Waals surface area contributed by atoms with E-state index in [-0.39, 0.29) is 17.9 Å². The highest BCUT2D eigenvalue weighted by molar-refractivity contribution is 5.77. The molecular weight excluding hydrogens is 216 g/mol. The van der Waals surface area contributed by atoms with Gasteiger partial charge in [0, 0.05) is 32.2 Å². The Labute approximate surface area is 104 Å². The number of hydrogen-bond donors (Lipinski definition) is 2. The Bertz CT molecular complexity index is 238. The lowest BCUT2D eigenvalue weighted by Gasteiger charge is -2.35. The van der Waals surface area contributed by atoms with Gasteiger partial charge in [0.15, 0.2) is 0 Å². The summed E-state index contributed by atoms with van der Waals surface area (Å²) in [6.45, 7) is 4.08. The first-order valence-electron chi connectivity index (χ1n) is 6.69. The molecule has 1 aliphatic rings. The molecule has 1 amide bonds. The molecule has 0 aliphatic heterocycles. The van der Waals surface area contributed by atoms with Crippen LogP contribution in [-0.4, -0.2) is 49.2 Å². The molecule has 100 valence electrons. The van der Waals surface area contributed by atoms with Crippen LogP contribution in [0.5, 0.6) is 0 Å². The maximum Gasteiger partial charge on any atom is 0.236 e. The molecule has 1 saturated carbocycles. The van der Waals surface area contributed by atoms with E-state index in [2.05, 4.69) is 5.32 Å². The van der Waals surface area contributed by atoms with Crippen LogP contribution in [0, 0.1) is 5.41 Å². The Morgan fingerprint density at radius 2 is 2.00 bits per heavy atom. The largest absolute Gasteiger partial charge is 0.396 e. The van der Waals surface area contributed by atoms with Crippen molar-refractivity contribution in [2.45, 2.75) is 39.0 Å². The summed E-state index contributed by atoms with van der Waals surface area (Å²) in [7, 11) is 1.81. The summed E-state index contributed by atoms with van der Waals surface area (Å²) in [5, 5.41) is 12.7. The van der Waals surface area contributed by atoms with E-state index < -0.39 is 0 Å². The summed E-state index contributed by atoms with van der Waals surface area (Å²) >= 11 is 0. The molecule has 0 bridgehead atoms. The predicted octanol–water partition coefficient (Wildman–Crippen LogP) is 0.997. The van der Waals surface area contributed by atoms with E-state index in [9.17, 15) is 9.90 Å². The number of likely N-dealkylation sites (N-methyl/N-ethyl adjacent to an activating group) is 1. The van der Waals surface area contributed by atoms with Crippen molar-refractivity contribution >= 4 is 5.91 Å². The molecule has 4 nitrogen and oxygen atoms in total. The van der Waals surface area contributed by atoms with Crippen molar-refractivity contribution in [2.24, 2.45) is 5.41 Å². The van der Waals surface area contributed by atoms with Gasteiger partial charge in [-0.3, -0.25) is 4.79 Å². The Kier molecular flexibility index (Phi) is 5.92. The van der Waals surface area contributed by atoms with Gasteiger partial charge in [-0.2, -0.15) is 0 Å². The van der Waals surface area contributed by atoms with Gasteiger partial charge in [-0.05, 0) is 19.8 Å². The molecule has 0 radical (unpaired) electrons. The number of nitrogens with one attached hydrogen (secondary N) is 1. The highest BCUT2D eigenvalue weighted by atomic mass is 16.3. The monoisotopic (exact) mass is 242 g/mol. The van der Waals surface area contributed by atoms with Gasteiger partial charge in [0.05, 0.1) is 6.54 Å². The molecule has 0 saturated heterocycles. The number of carbonyl (C=O) groups is 1. The van der Waals surface area contributed by atoms with Gasteiger partial charge in [0.25, 0.3) is 0 Å². The number of nitrogens with zero attached hydrogens (tertiary/aromatic N) is 1. The van der Waals surface area contributed by atoms with Gasteiger partial charge in [-0.25, -0.2) is 0 Å². The molecule has 17 heavy (non-hydrogen) atoms. The molecule has 1 fully saturated rings. The first-order chi connectivity index (χ1) is 8.13. The number of hydrogen-bond acceptors (Lipinski definition) is 3. The summed E-state index contributed by atoms with van der Waals surface area (Å²) in [6, 6.07) is 0. The smallest absolute Gasteiger partial charge is 0.236 e. The number of aliphatic hydroxyl groups excluding tert-OH is 1. The number of carbonyl (C=O) groups excluding carboxylic acids is 1. The second kappa shape index (κ2) is 6.97. The van der Waals surface area contributed by atoms with Crippen molar-refractivity contribution in [2.75, 3.05) is 33.3 Å². The van der Waals surface area contributed by atoms with E-state index in [0.717, 1.165) is 25.9 Å². The minimum atomic E-state index is 0.0172. The van der Waals surface area contributed by atoms with Crippen LogP contribution < -0.4 is 5.32 Å². The lowest BCUT2D eigenvalue weighted by molar-refractivity contribution is -0.128. The molecule has 4 heteroatoms. The molecule has 0 atom stereocenters. The van der Waals surface area contributed by atoms with E-state index >= 15 is 0 Å². The van der Waals surface area contributed by atoms with Crippen LogP contribution in [0.2, 0.25) is 0 Å². The number of amides is 1. The standard InChI is InChI=1S/C13H26N2O2/c1-3-15(2)12(17)9-14-10-13(11-16)7-5-4-6-8-13/h14,16H,3-11H2,1-2H3. The van der Waals surface area contributed by atoms with Crippen molar-refractivity contribution in [3.05, 3.63) is 0 Å². The zero-order chi connectivity index (χ0) is 12.7. The molecular formula is C13H26N2O2. The van der Waals surface area contributed by atoms with Crippen LogP contribution in [0.15, 0.2) is 0 Å². The van der Waals surface area contributed by atoms with Crippen LogP contribution in [-0.2, 0) is 4.79 Å². The Morgan fingerprint density at radius 1 is 1.35 bits per heavy atom. The molecule has 0 aromatic heterocycles. The van der Waals surface area contributed by atoms with Gasteiger partial charge in [0.2, 0.25) is 5.91 Å². The normalized spacial score (nSPS) is 19.0. The maximum atomic E-state index is 11.6. The summed E-state index contributed by atoms with van der Waals surface area (Å²) in [6.07, 6.45) is 5.83.